The molecule has 4 nitrogen and oxygen atoms in total. The molecule has 2 rings (SSSR count). The van der Waals surface area contributed by atoms with E-state index >= 15 is 0 Å². The maximum absolute atomic E-state index is 12.4. The Hall–Kier alpha value is -0.430. The minimum atomic E-state index is -3.40. The Bertz CT molecular complexity index is 574. The van der Waals surface area contributed by atoms with Crippen LogP contribution in [0.25, 0.3) is 0 Å². The van der Waals surface area contributed by atoms with Crippen molar-refractivity contribution in [3.05, 3.63) is 17.0 Å². The minimum Gasteiger partial charge on any atom is -0.312 e. The molecule has 0 bridgehead atoms. The third-order valence-electron chi connectivity index (χ3n) is 4.74. The molecule has 1 saturated carbocycles. The monoisotopic (exact) mass is 316 g/mol. The Morgan fingerprint density at radius 1 is 1.20 bits per heavy atom. The molecule has 0 spiro atoms. The highest BCUT2D eigenvalue weighted by molar-refractivity contribution is 7.91. The first-order valence-electron chi connectivity index (χ1n) is 6.94. The van der Waals surface area contributed by atoms with Gasteiger partial charge < -0.3 is 5.32 Å². The van der Waals surface area contributed by atoms with Crippen LogP contribution in [0.1, 0.15) is 39.5 Å². The highest BCUT2D eigenvalue weighted by Crippen LogP contribution is 2.63. The average Bonchev–Trinajstić information content (AvgIpc) is 2.78. The Labute approximate surface area is 126 Å². The predicted octanol–water partition coefficient (Wildman–Crippen LogP) is 2.57. The molecule has 1 aromatic rings. The molecule has 114 valence electrons. The Balaban J connectivity index is 2.10. The molecule has 0 aromatic carbocycles. The lowest BCUT2D eigenvalue weighted by Gasteiger charge is -2.06. The highest BCUT2D eigenvalue weighted by atomic mass is 32.2. The molecular weight excluding hydrogens is 292 g/mol. The molecule has 1 aliphatic rings. The van der Waals surface area contributed by atoms with Gasteiger partial charge in [0, 0.05) is 17.5 Å². The molecule has 1 heterocycles. The standard InChI is InChI=1S/C14H24N2O2S2/c1-6-15-9-10-7-8-11(19-10)20(17,18)16-12-13(2,3)14(12,4)5/h7-8,12,15-16H,6,9H2,1-5H3. The van der Waals surface area contributed by atoms with Crippen molar-refractivity contribution in [2.75, 3.05) is 6.54 Å². The minimum absolute atomic E-state index is 0.000633. The van der Waals surface area contributed by atoms with Gasteiger partial charge in [0.2, 0.25) is 10.0 Å². The van der Waals surface area contributed by atoms with E-state index in [0.717, 1.165) is 18.0 Å². The topological polar surface area (TPSA) is 58.2 Å². The van der Waals surface area contributed by atoms with Gasteiger partial charge >= 0.3 is 0 Å². The van der Waals surface area contributed by atoms with E-state index in [1.54, 1.807) is 6.07 Å². The van der Waals surface area contributed by atoms with Crippen molar-refractivity contribution in [3.63, 3.8) is 0 Å². The van der Waals surface area contributed by atoms with E-state index in [-0.39, 0.29) is 16.9 Å². The molecule has 1 aromatic heterocycles. The molecule has 0 radical (unpaired) electrons. The zero-order valence-corrected chi connectivity index (χ0v) is 14.4. The molecule has 0 atom stereocenters. The van der Waals surface area contributed by atoms with Gasteiger partial charge in [0.05, 0.1) is 0 Å². The van der Waals surface area contributed by atoms with E-state index in [0.29, 0.717) is 4.21 Å². The van der Waals surface area contributed by atoms with Gasteiger partial charge in [-0.2, -0.15) is 0 Å². The zero-order valence-electron chi connectivity index (χ0n) is 12.8. The predicted molar refractivity (Wildman–Crippen MR) is 83.4 cm³/mol. The fraction of sp³-hybridized carbons (Fsp3) is 0.714. The molecular formula is C14H24N2O2S2. The first-order valence-corrected chi connectivity index (χ1v) is 9.24. The largest absolute Gasteiger partial charge is 0.312 e. The molecule has 0 unspecified atom stereocenters. The maximum atomic E-state index is 12.4. The Kier molecular flexibility index (Phi) is 4.06. The van der Waals surface area contributed by atoms with Crippen LogP contribution in [0, 0.1) is 10.8 Å². The van der Waals surface area contributed by atoms with Gasteiger partial charge in [0.15, 0.2) is 0 Å². The van der Waals surface area contributed by atoms with E-state index in [2.05, 4.69) is 37.7 Å². The van der Waals surface area contributed by atoms with Gasteiger partial charge in [-0.1, -0.05) is 34.6 Å². The summed E-state index contributed by atoms with van der Waals surface area (Å²) in [5, 5.41) is 3.20. The van der Waals surface area contributed by atoms with Crippen molar-refractivity contribution in [1.82, 2.24) is 10.0 Å². The van der Waals surface area contributed by atoms with Crippen LogP contribution >= 0.6 is 11.3 Å². The Morgan fingerprint density at radius 3 is 2.30 bits per heavy atom. The van der Waals surface area contributed by atoms with Gasteiger partial charge in [0.1, 0.15) is 4.21 Å². The summed E-state index contributed by atoms with van der Waals surface area (Å²) in [6, 6.07) is 3.58. The normalized spacial score (nSPS) is 21.1. The fourth-order valence-electron chi connectivity index (χ4n) is 2.55. The number of thiophene rings is 1. The van der Waals surface area contributed by atoms with Crippen LogP contribution in [0.3, 0.4) is 0 Å². The summed E-state index contributed by atoms with van der Waals surface area (Å²) >= 11 is 1.34. The van der Waals surface area contributed by atoms with Crippen molar-refractivity contribution in [3.8, 4) is 0 Å². The lowest BCUT2D eigenvalue weighted by Crippen LogP contribution is -2.29. The molecule has 1 fully saturated rings. The van der Waals surface area contributed by atoms with Gasteiger partial charge in [-0.25, -0.2) is 13.1 Å². The quantitative estimate of drug-likeness (QED) is 0.848. The van der Waals surface area contributed by atoms with E-state index < -0.39 is 10.0 Å². The molecule has 0 amide bonds. The summed E-state index contributed by atoms with van der Waals surface area (Å²) in [7, 11) is -3.40. The van der Waals surface area contributed by atoms with Crippen LogP contribution in [0.15, 0.2) is 16.3 Å². The van der Waals surface area contributed by atoms with E-state index in [1.807, 2.05) is 13.0 Å². The summed E-state index contributed by atoms with van der Waals surface area (Å²) in [4.78, 5) is 1.04. The summed E-state index contributed by atoms with van der Waals surface area (Å²) < 4.78 is 28.1. The molecule has 0 saturated heterocycles. The summed E-state index contributed by atoms with van der Waals surface area (Å²) in [6.45, 7) is 12.0. The fourth-order valence-corrected chi connectivity index (χ4v) is 5.42. The first-order chi connectivity index (χ1) is 9.13. The first kappa shape index (κ1) is 15.9. The van der Waals surface area contributed by atoms with Crippen LogP contribution < -0.4 is 10.0 Å². The summed E-state index contributed by atoms with van der Waals surface area (Å²) in [5.74, 6) is 0. The lowest BCUT2D eigenvalue weighted by molar-refractivity contribution is 0.457. The van der Waals surface area contributed by atoms with Crippen LogP contribution in [-0.2, 0) is 16.6 Å². The second-order valence-corrected chi connectivity index (χ2v) is 9.61. The zero-order chi connectivity index (χ0) is 15.2. The molecule has 0 aliphatic heterocycles. The van der Waals surface area contributed by atoms with Crippen LogP contribution in [0.4, 0.5) is 0 Å². The van der Waals surface area contributed by atoms with Crippen molar-refractivity contribution in [2.45, 2.75) is 51.4 Å². The number of nitrogens with one attached hydrogen (secondary N) is 2. The third kappa shape index (κ3) is 2.66. The van der Waals surface area contributed by atoms with Gasteiger partial charge in [-0.15, -0.1) is 11.3 Å². The Morgan fingerprint density at radius 2 is 1.80 bits per heavy atom. The SMILES string of the molecule is CCNCc1ccc(S(=O)(=O)NC2C(C)(C)C2(C)C)s1. The highest BCUT2D eigenvalue weighted by Gasteiger charge is 2.66. The molecule has 6 heteroatoms. The lowest BCUT2D eigenvalue weighted by atomic mass is 10.0. The smallest absolute Gasteiger partial charge is 0.250 e. The van der Waals surface area contributed by atoms with Gasteiger partial charge in [-0.05, 0) is 29.5 Å². The maximum Gasteiger partial charge on any atom is 0.250 e. The van der Waals surface area contributed by atoms with Crippen molar-refractivity contribution in [2.24, 2.45) is 10.8 Å². The van der Waals surface area contributed by atoms with E-state index in [1.165, 1.54) is 11.3 Å². The molecule has 20 heavy (non-hydrogen) atoms. The van der Waals surface area contributed by atoms with Crippen molar-refractivity contribution in [1.29, 1.82) is 0 Å². The molecule has 2 N–H and O–H groups in total. The number of hydrogen-bond acceptors (Lipinski definition) is 4. The van der Waals surface area contributed by atoms with E-state index in [4.69, 9.17) is 0 Å². The van der Waals surface area contributed by atoms with Crippen molar-refractivity contribution < 1.29 is 8.42 Å². The van der Waals surface area contributed by atoms with E-state index in [9.17, 15) is 8.42 Å². The third-order valence-corrected chi connectivity index (χ3v) is 7.74. The second-order valence-electron chi connectivity index (χ2n) is 6.50. The summed E-state index contributed by atoms with van der Waals surface area (Å²) in [6.07, 6.45) is 0. The summed E-state index contributed by atoms with van der Waals surface area (Å²) in [5.41, 5.74) is 0.00779. The van der Waals surface area contributed by atoms with Gasteiger partial charge in [-0.3, -0.25) is 0 Å². The number of rotatable bonds is 6. The number of sulfonamides is 1. The van der Waals surface area contributed by atoms with Crippen LogP contribution in [0.5, 0.6) is 0 Å². The van der Waals surface area contributed by atoms with Crippen LogP contribution in [0.2, 0.25) is 0 Å². The molecule has 1 aliphatic carbocycles. The second kappa shape index (κ2) is 5.09. The number of hydrogen-bond donors (Lipinski definition) is 2. The van der Waals surface area contributed by atoms with Crippen molar-refractivity contribution >= 4 is 21.4 Å². The van der Waals surface area contributed by atoms with Crippen LogP contribution in [-0.4, -0.2) is 21.0 Å². The average molecular weight is 316 g/mol. The van der Waals surface area contributed by atoms with Gasteiger partial charge in [0.25, 0.3) is 0 Å².